The SMILES string of the molecule is CNC.O=CCCCCCCNCc1ccc(-c2ccc3ncnc(Nc4ccc(OCc5cccc(F)c5)c(Cl)c4)c3c2)o1. The zero-order valence-electron chi connectivity index (χ0n) is 25.6. The highest BCUT2D eigenvalue weighted by molar-refractivity contribution is 6.32. The van der Waals surface area contributed by atoms with Gasteiger partial charge in [-0.3, -0.25) is 0 Å². The Morgan fingerprint density at radius 2 is 1.80 bits per heavy atom. The molecule has 10 heteroatoms. The number of carbonyl (C=O) groups excluding carboxylic acids is 1. The third kappa shape index (κ3) is 10.4. The van der Waals surface area contributed by atoms with E-state index < -0.39 is 0 Å². The molecule has 3 aromatic carbocycles. The van der Waals surface area contributed by atoms with Crippen LogP contribution in [0.3, 0.4) is 0 Å². The lowest BCUT2D eigenvalue weighted by Gasteiger charge is -2.12. The predicted molar refractivity (Wildman–Crippen MR) is 179 cm³/mol. The lowest BCUT2D eigenvalue weighted by atomic mass is 10.1. The van der Waals surface area contributed by atoms with Crippen LogP contribution < -0.4 is 20.7 Å². The second kappa shape index (κ2) is 17.9. The third-order valence-electron chi connectivity index (χ3n) is 6.78. The summed E-state index contributed by atoms with van der Waals surface area (Å²) in [5.41, 5.74) is 3.16. The minimum Gasteiger partial charge on any atom is -0.487 e. The Hall–Kier alpha value is -4.31. The van der Waals surface area contributed by atoms with Gasteiger partial charge in [-0.2, -0.15) is 0 Å². The molecule has 0 amide bonds. The Labute approximate surface area is 268 Å². The number of unbranched alkanes of at least 4 members (excludes halogenated alkanes) is 4. The summed E-state index contributed by atoms with van der Waals surface area (Å²) in [7, 11) is 3.75. The van der Waals surface area contributed by atoms with E-state index in [1.165, 1.54) is 18.5 Å². The summed E-state index contributed by atoms with van der Waals surface area (Å²) in [6.07, 6.45) is 7.38. The molecular formula is C35H39ClFN5O3. The zero-order chi connectivity index (χ0) is 31.9. The number of nitrogens with zero attached hydrogens (tertiary/aromatic N) is 2. The number of benzene rings is 3. The summed E-state index contributed by atoms with van der Waals surface area (Å²) in [5.74, 6) is 2.45. The Morgan fingerprint density at radius 3 is 2.60 bits per heavy atom. The molecule has 8 nitrogen and oxygen atoms in total. The van der Waals surface area contributed by atoms with E-state index in [2.05, 4.69) is 25.9 Å². The number of rotatable bonds is 15. The van der Waals surface area contributed by atoms with Crippen LogP contribution in [-0.2, 0) is 17.9 Å². The summed E-state index contributed by atoms with van der Waals surface area (Å²) in [6, 6.07) is 21.5. The quantitative estimate of drug-likeness (QED) is 0.0787. The number of aldehydes is 1. The maximum atomic E-state index is 13.5. The van der Waals surface area contributed by atoms with Crippen molar-refractivity contribution in [3.63, 3.8) is 0 Å². The van der Waals surface area contributed by atoms with Crippen molar-refractivity contribution in [2.75, 3.05) is 26.0 Å². The van der Waals surface area contributed by atoms with Gasteiger partial charge < -0.3 is 29.9 Å². The van der Waals surface area contributed by atoms with Crippen molar-refractivity contribution in [1.29, 1.82) is 0 Å². The first kappa shape index (κ1) is 33.6. The van der Waals surface area contributed by atoms with Gasteiger partial charge in [0.2, 0.25) is 0 Å². The van der Waals surface area contributed by atoms with Gasteiger partial charge in [0.15, 0.2) is 0 Å². The van der Waals surface area contributed by atoms with Gasteiger partial charge in [-0.15, -0.1) is 0 Å². The first-order chi connectivity index (χ1) is 22.0. The number of furan rings is 1. The predicted octanol–water partition coefficient (Wildman–Crippen LogP) is 8.08. The van der Waals surface area contributed by atoms with Crippen LogP contribution in [0.15, 0.2) is 83.5 Å². The van der Waals surface area contributed by atoms with Crippen LogP contribution in [0, 0.1) is 5.82 Å². The number of hydrogen-bond acceptors (Lipinski definition) is 8. The lowest BCUT2D eigenvalue weighted by Crippen LogP contribution is -2.14. The molecule has 5 aromatic rings. The number of aromatic nitrogens is 2. The monoisotopic (exact) mass is 631 g/mol. The summed E-state index contributed by atoms with van der Waals surface area (Å²) in [4.78, 5) is 19.3. The fraction of sp³-hybridized carbons (Fsp3) is 0.286. The Balaban J connectivity index is 0.00000148. The lowest BCUT2D eigenvalue weighted by molar-refractivity contribution is -0.107. The van der Waals surface area contributed by atoms with E-state index in [9.17, 15) is 9.18 Å². The fourth-order valence-corrected chi connectivity index (χ4v) is 4.84. The van der Waals surface area contributed by atoms with Crippen LogP contribution in [0.4, 0.5) is 15.9 Å². The van der Waals surface area contributed by atoms with Crippen molar-refractivity contribution in [2.45, 2.75) is 45.3 Å². The first-order valence-corrected chi connectivity index (χ1v) is 15.4. The van der Waals surface area contributed by atoms with Gasteiger partial charge in [0.05, 0.1) is 17.1 Å². The van der Waals surface area contributed by atoms with Gasteiger partial charge >= 0.3 is 0 Å². The summed E-state index contributed by atoms with van der Waals surface area (Å²) in [5, 5.41) is 10.8. The summed E-state index contributed by atoms with van der Waals surface area (Å²) < 4.78 is 25.4. The van der Waals surface area contributed by atoms with E-state index in [1.54, 1.807) is 24.3 Å². The topological polar surface area (TPSA) is 101 Å². The molecule has 0 bridgehead atoms. The fourth-order valence-electron chi connectivity index (χ4n) is 4.60. The second-order valence-electron chi connectivity index (χ2n) is 10.5. The van der Waals surface area contributed by atoms with E-state index in [-0.39, 0.29) is 12.4 Å². The number of anilines is 2. The van der Waals surface area contributed by atoms with E-state index in [4.69, 9.17) is 20.8 Å². The average molecular weight is 632 g/mol. The van der Waals surface area contributed by atoms with Crippen molar-refractivity contribution >= 4 is 40.3 Å². The van der Waals surface area contributed by atoms with Gasteiger partial charge in [-0.05, 0) is 99.7 Å². The molecule has 0 saturated carbocycles. The number of ether oxygens (including phenoxy) is 1. The number of hydrogen-bond donors (Lipinski definition) is 3. The highest BCUT2D eigenvalue weighted by atomic mass is 35.5. The Morgan fingerprint density at radius 1 is 0.956 bits per heavy atom. The minimum atomic E-state index is -0.308. The number of carbonyl (C=O) groups is 1. The molecule has 0 spiro atoms. The highest BCUT2D eigenvalue weighted by Gasteiger charge is 2.11. The molecule has 0 aliphatic rings. The van der Waals surface area contributed by atoms with Gasteiger partial charge in [0, 0.05) is 23.1 Å². The van der Waals surface area contributed by atoms with E-state index in [0.717, 1.165) is 77.8 Å². The van der Waals surface area contributed by atoms with Gasteiger partial charge in [-0.25, -0.2) is 14.4 Å². The molecule has 2 aromatic heterocycles. The highest BCUT2D eigenvalue weighted by Crippen LogP contribution is 2.33. The van der Waals surface area contributed by atoms with Crippen LogP contribution in [0.1, 0.15) is 43.4 Å². The first-order valence-electron chi connectivity index (χ1n) is 15.0. The average Bonchev–Trinajstić information content (AvgIpc) is 3.51. The van der Waals surface area contributed by atoms with Crippen molar-refractivity contribution in [2.24, 2.45) is 0 Å². The molecule has 0 aliphatic carbocycles. The molecule has 0 saturated heterocycles. The molecule has 0 radical (unpaired) electrons. The van der Waals surface area contributed by atoms with E-state index in [1.807, 2.05) is 50.5 Å². The smallest absolute Gasteiger partial charge is 0.141 e. The van der Waals surface area contributed by atoms with E-state index >= 15 is 0 Å². The second-order valence-corrected chi connectivity index (χ2v) is 10.9. The van der Waals surface area contributed by atoms with Crippen LogP contribution >= 0.6 is 11.6 Å². The van der Waals surface area contributed by atoms with Crippen LogP contribution in [0.25, 0.3) is 22.2 Å². The molecule has 0 unspecified atom stereocenters. The molecule has 0 atom stereocenters. The van der Waals surface area contributed by atoms with Gasteiger partial charge in [0.1, 0.15) is 48.1 Å². The Bertz CT molecular complexity index is 1660. The van der Waals surface area contributed by atoms with Crippen molar-refractivity contribution in [1.82, 2.24) is 20.6 Å². The molecule has 3 N–H and O–H groups in total. The molecule has 0 aliphatic heterocycles. The molecule has 236 valence electrons. The minimum absolute atomic E-state index is 0.206. The normalized spacial score (nSPS) is 10.8. The van der Waals surface area contributed by atoms with Gasteiger partial charge in [0.25, 0.3) is 0 Å². The van der Waals surface area contributed by atoms with Crippen LogP contribution in [0.2, 0.25) is 5.02 Å². The largest absolute Gasteiger partial charge is 0.487 e. The van der Waals surface area contributed by atoms with Crippen molar-refractivity contribution in [3.05, 3.63) is 101 Å². The van der Waals surface area contributed by atoms with Crippen molar-refractivity contribution in [3.8, 4) is 17.1 Å². The maximum absolute atomic E-state index is 13.5. The van der Waals surface area contributed by atoms with Crippen LogP contribution in [0.5, 0.6) is 5.75 Å². The standard InChI is InChI=1S/C33H32ClFN4O3.C2H7N/c34-29-19-26(10-13-32(29)41-21-23-7-6-8-25(35)17-23)39-33-28-18-24(9-12-30(28)37-22-38-33)31-14-11-27(42-31)20-36-15-4-2-1-3-5-16-40;1-3-2/h6-14,16-19,22,36H,1-5,15,20-21H2,(H,37,38,39);3H,1-2H3. The summed E-state index contributed by atoms with van der Waals surface area (Å²) >= 11 is 6.50. The van der Waals surface area contributed by atoms with Gasteiger partial charge in [-0.1, -0.05) is 36.6 Å². The van der Waals surface area contributed by atoms with Crippen LogP contribution in [-0.4, -0.2) is 36.9 Å². The maximum Gasteiger partial charge on any atom is 0.141 e. The van der Waals surface area contributed by atoms with Crippen molar-refractivity contribution < 1.29 is 18.3 Å². The molecule has 5 rings (SSSR count). The molecule has 45 heavy (non-hydrogen) atoms. The molecule has 0 fully saturated rings. The molecule has 2 heterocycles. The van der Waals surface area contributed by atoms with E-state index in [0.29, 0.717) is 29.6 Å². The number of fused-ring (bicyclic) bond motifs is 1. The number of nitrogens with one attached hydrogen (secondary N) is 3. The Kier molecular flexibility index (Phi) is 13.3. The number of halogens is 2. The molecular weight excluding hydrogens is 593 g/mol. The summed E-state index contributed by atoms with van der Waals surface area (Å²) in [6.45, 7) is 1.77. The third-order valence-corrected chi connectivity index (χ3v) is 7.08. The zero-order valence-corrected chi connectivity index (χ0v) is 26.4.